The van der Waals surface area contributed by atoms with E-state index in [-0.39, 0.29) is 61.1 Å². The third-order valence-corrected chi connectivity index (χ3v) is 5.19. The molecule has 2 rings (SSSR count). The highest BCUT2D eigenvalue weighted by Gasteiger charge is 2.12. The fourth-order valence-electron chi connectivity index (χ4n) is 2.30. The van der Waals surface area contributed by atoms with Gasteiger partial charge >= 0.3 is 0 Å². The summed E-state index contributed by atoms with van der Waals surface area (Å²) in [5.41, 5.74) is 5.21. The number of aliphatic hydroxyl groups is 4. The highest BCUT2D eigenvalue weighted by molar-refractivity contribution is 7.95. The van der Waals surface area contributed by atoms with E-state index >= 15 is 0 Å². The Bertz CT molecular complexity index is 1180. The van der Waals surface area contributed by atoms with Crippen LogP contribution in [0.2, 0.25) is 0 Å². The van der Waals surface area contributed by atoms with Gasteiger partial charge in [0, 0.05) is 37.9 Å². The molecule has 2 atom stereocenters. The Morgan fingerprint density at radius 1 is 0.850 bits per heavy atom. The average Bonchev–Trinajstić information content (AvgIpc) is 2.92. The van der Waals surface area contributed by atoms with Crippen LogP contribution in [0.25, 0.3) is 0 Å². The average molecular weight is 613 g/mol. The predicted octanol–water partition coefficient (Wildman–Crippen LogP) is -2.90. The van der Waals surface area contributed by atoms with Crippen LogP contribution in [0.3, 0.4) is 0 Å². The first-order chi connectivity index (χ1) is 19.1. The first-order valence-electron chi connectivity index (χ1n) is 11.0. The second-order valence-corrected chi connectivity index (χ2v) is 9.50. The van der Waals surface area contributed by atoms with Gasteiger partial charge in [0.15, 0.2) is 0 Å². The van der Waals surface area contributed by atoms with Crippen molar-refractivity contribution in [2.24, 2.45) is 4.99 Å². The van der Waals surface area contributed by atoms with Gasteiger partial charge in [-0.15, -0.1) is 4.33 Å². The van der Waals surface area contributed by atoms with Crippen LogP contribution in [-0.2, 0) is 19.5 Å². The zero-order valence-electron chi connectivity index (χ0n) is 20.4. The van der Waals surface area contributed by atoms with Crippen molar-refractivity contribution in [1.29, 1.82) is 0 Å². The van der Waals surface area contributed by atoms with E-state index in [9.17, 15) is 18.6 Å². The largest absolute Gasteiger partial charge is 0.394 e. The Morgan fingerprint density at radius 3 is 1.90 bits per heavy atom. The monoisotopic (exact) mass is 612 g/mol. The SMILES string of the molecule is O=S(=O)(O)CCNc1nc(NCC(O)CO)nc(NNc2nc(/N=C/CSOOO)nc(NCC(O)CO)n2)n1. The van der Waals surface area contributed by atoms with Crippen molar-refractivity contribution in [3.8, 4) is 0 Å². The van der Waals surface area contributed by atoms with Crippen LogP contribution < -0.4 is 26.8 Å². The summed E-state index contributed by atoms with van der Waals surface area (Å²) in [6.07, 6.45) is -0.891. The van der Waals surface area contributed by atoms with Crippen LogP contribution in [0.5, 0.6) is 0 Å². The Kier molecular flexibility index (Phi) is 14.3. The van der Waals surface area contributed by atoms with Crippen LogP contribution in [0.1, 0.15) is 0 Å². The fraction of sp³-hybridized carbons (Fsp3) is 0.562. The molecule has 2 heterocycles. The van der Waals surface area contributed by atoms with Gasteiger partial charge in [0.1, 0.15) is 0 Å². The Labute approximate surface area is 230 Å². The molecule has 224 valence electrons. The molecule has 2 unspecified atom stereocenters. The molecule has 2 aromatic heterocycles. The molecule has 0 aromatic carbocycles. The molecule has 24 heteroatoms. The van der Waals surface area contributed by atoms with Gasteiger partial charge in [0.25, 0.3) is 16.1 Å². The molecule has 2 aromatic rings. The molecule has 0 bridgehead atoms. The van der Waals surface area contributed by atoms with Gasteiger partial charge in [-0.1, -0.05) is 5.04 Å². The van der Waals surface area contributed by atoms with E-state index in [0.717, 1.165) is 0 Å². The van der Waals surface area contributed by atoms with Crippen LogP contribution in [0.4, 0.5) is 35.7 Å². The number of aliphatic hydroxyl groups excluding tert-OH is 4. The summed E-state index contributed by atoms with van der Waals surface area (Å²) in [4.78, 5) is 28.4. The molecule has 40 heavy (non-hydrogen) atoms. The molecule has 11 N–H and O–H groups in total. The summed E-state index contributed by atoms with van der Waals surface area (Å²) in [6, 6.07) is 0. The second-order valence-electron chi connectivity index (χ2n) is 7.23. The minimum atomic E-state index is -4.25. The van der Waals surface area contributed by atoms with Crippen molar-refractivity contribution in [3.63, 3.8) is 0 Å². The molecule has 0 fully saturated rings. The number of aliphatic imine (C=N–C) groups is 1. The molecular formula is C16H28N12O10S2. The fourth-order valence-corrected chi connectivity index (χ4v) is 2.89. The van der Waals surface area contributed by atoms with Crippen LogP contribution >= 0.6 is 12.0 Å². The molecular weight excluding hydrogens is 584 g/mol. The maximum atomic E-state index is 11.0. The summed E-state index contributed by atoms with van der Waals surface area (Å²) in [6.45, 7) is -1.51. The van der Waals surface area contributed by atoms with Gasteiger partial charge in [-0.2, -0.15) is 38.3 Å². The maximum Gasteiger partial charge on any atom is 0.266 e. The van der Waals surface area contributed by atoms with E-state index in [0.29, 0.717) is 12.0 Å². The molecule has 0 aliphatic rings. The van der Waals surface area contributed by atoms with Crippen LogP contribution in [-0.4, -0.2) is 131 Å². The zero-order chi connectivity index (χ0) is 29.4. The summed E-state index contributed by atoms with van der Waals surface area (Å²) in [5.74, 6) is -1.07. The van der Waals surface area contributed by atoms with E-state index in [1.165, 1.54) is 6.21 Å². The summed E-state index contributed by atoms with van der Waals surface area (Å²) in [7, 11) is -4.25. The molecule has 0 amide bonds. The molecule has 0 aliphatic carbocycles. The number of hydrogen-bond acceptors (Lipinski definition) is 22. The minimum absolute atomic E-state index is 0.0369. The number of hydrogen-bond donors (Lipinski definition) is 11. The van der Waals surface area contributed by atoms with Crippen molar-refractivity contribution >= 4 is 64.1 Å². The van der Waals surface area contributed by atoms with Gasteiger partial charge in [-0.25, -0.2) is 10.2 Å². The van der Waals surface area contributed by atoms with Crippen LogP contribution in [0, 0.1) is 0 Å². The number of aromatic nitrogens is 6. The molecule has 0 aliphatic heterocycles. The van der Waals surface area contributed by atoms with E-state index in [2.05, 4.69) is 71.1 Å². The normalized spacial score (nSPS) is 13.2. The van der Waals surface area contributed by atoms with Crippen molar-refractivity contribution in [1.82, 2.24) is 29.9 Å². The molecule has 0 saturated heterocycles. The van der Waals surface area contributed by atoms with E-state index in [1.807, 2.05) is 0 Å². The third-order valence-electron chi connectivity index (χ3n) is 4.03. The number of rotatable bonds is 20. The third kappa shape index (κ3) is 13.6. The first kappa shape index (κ1) is 32.9. The van der Waals surface area contributed by atoms with Crippen LogP contribution in [0.15, 0.2) is 4.99 Å². The predicted molar refractivity (Wildman–Crippen MR) is 140 cm³/mol. The first-order valence-corrected chi connectivity index (χ1v) is 13.5. The Balaban J connectivity index is 2.22. The lowest BCUT2D eigenvalue weighted by molar-refractivity contribution is -0.432. The highest BCUT2D eigenvalue weighted by atomic mass is 32.2. The Morgan fingerprint density at radius 2 is 1.35 bits per heavy atom. The lowest BCUT2D eigenvalue weighted by atomic mass is 10.4. The van der Waals surface area contributed by atoms with Gasteiger partial charge < -0.3 is 36.4 Å². The van der Waals surface area contributed by atoms with Gasteiger partial charge in [-0.3, -0.25) is 15.4 Å². The van der Waals surface area contributed by atoms with Crippen molar-refractivity contribution in [3.05, 3.63) is 0 Å². The lowest BCUT2D eigenvalue weighted by Crippen LogP contribution is -2.25. The standard InChI is InChI=1S/C16H28N12O10S2/c29-7-9(31)5-19-13-21-11(17-1-3-39-38-37-33)23-15(25-13)27-28-16-24-12(18-2-4-40(34,35)36)22-14(26-16)20-6-10(32)8-30/h1,9-10,29-33H,2-8H2,(H,34,35,36)(H2,19,21,23,25,27)(H3,18,20,22,24,26,28)/b17-1+. The quantitative estimate of drug-likeness (QED) is 0.0178. The number of nitrogens with zero attached hydrogens (tertiary/aromatic N) is 7. The highest BCUT2D eigenvalue weighted by Crippen LogP contribution is 2.14. The molecule has 0 spiro atoms. The molecule has 22 nitrogen and oxygen atoms in total. The Hall–Kier alpha value is -3.33. The number of nitrogens with one attached hydrogen (secondary N) is 5. The molecule has 0 radical (unpaired) electrons. The number of hydrazine groups is 1. The smallest absolute Gasteiger partial charge is 0.266 e. The summed E-state index contributed by atoms with van der Waals surface area (Å²) < 4.78 is 35.1. The van der Waals surface area contributed by atoms with Crippen molar-refractivity contribution < 1.29 is 48.0 Å². The van der Waals surface area contributed by atoms with E-state index in [4.69, 9.17) is 20.0 Å². The van der Waals surface area contributed by atoms with Crippen molar-refractivity contribution in [2.75, 3.05) is 71.2 Å². The maximum absolute atomic E-state index is 11.0. The second kappa shape index (κ2) is 17.4. The molecule has 0 saturated carbocycles. The van der Waals surface area contributed by atoms with E-state index < -0.39 is 41.3 Å². The van der Waals surface area contributed by atoms with E-state index in [1.54, 1.807) is 0 Å². The van der Waals surface area contributed by atoms with Gasteiger partial charge in [0.2, 0.25) is 29.7 Å². The van der Waals surface area contributed by atoms with Gasteiger partial charge in [-0.05, 0) is 0 Å². The van der Waals surface area contributed by atoms with Crippen molar-refractivity contribution in [2.45, 2.75) is 12.2 Å². The number of anilines is 5. The zero-order valence-corrected chi connectivity index (χ0v) is 22.1. The summed E-state index contributed by atoms with van der Waals surface area (Å²) in [5, 5.41) is 56.7. The minimum Gasteiger partial charge on any atom is -0.394 e. The topological polar surface area (TPSA) is 324 Å². The van der Waals surface area contributed by atoms with Gasteiger partial charge in [0.05, 0.1) is 36.9 Å². The lowest BCUT2D eigenvalue weighted by Gasteiger charge is -2.13. The summed E-state index contributed by atoms with van der Waals surface area (Å²) >= 11 is 0.714.